The van der Waals surface area contributed by atoms with Crippen LogP contribution in [0.3, 0.4) is 0 Å². The Morgan fingerprint density at radius 2 is 1.55 bits per heavy atom. The van der Waals surface area contributed by atoms with Crippen molar-refractivity contribution in [1.29, 1.82) is 0 Å². The number of nitrogens with one attached hydrogen (secondary N) is 3. The van der Waals surface area contributed by atoms with Gasteiger partial charge in [0.05, 0.1) is 18.4 Å². The number of thiocarbonyl (C=S) groups is 1. The highest BCUT2D eigenvalue weighted by Crippen LogP contribution is 2.20. The van der Waals surface area contributed by atoms with Gasteiger partial charge in [-0.3, -0.25) is 9.52 Å². The molecule has 0 aliphatic heterocycles. The summed E-state index contributed by atoms with van der Waals surface area (Å²) < 4.78 is 33.0. The molecule has 0 heterocycles. The van der Waals surface area contributed by atoms with Crippen LogP contribution < -0.4 is 20.1 Å². The van der Waals surface area contributed by atoms with Gasteiger partial charge in [-0.2, -0.15) is 0 Å². The third kappa shape index (κ3) is 6.77. The van der Waals surface area contributed by atoms with Gasteiger partial charge in [0.2, 0.25) is 5.91 Å². The van der Waals surface area contributed by atoms with Crippen molar-refractivity contribution in [3.05, 3.63) is 83.4 Å². The Morgan fingerprint density at radius 1 is 0.909 bits per heavy atom. The van der Waals surface area contributed by atoms with Crippen LogP contribution in [0.25, 0.3) is 0 Å². The van der Waals surface area contributed by atoms with E-state index in [1.165, 1.54) is 12.1 Å². The lowest BCUT2D eigenvalue weighted by Crippen LogP contribution is -2.35. The minimum atomic E-state index is -3.74. The predicted molar refractivity (Wildman–Crippen MR) is 134 cm³/mol. The summed E-state index contributed by atoms with van der Waals surface area (Å²) in [5.74, 6) is 0.445. The first-order valence-electron chi connectivity index (χ1n) is 10.1. The van der Waals surface area contributed by atoms with E-state index < -0.39 is 10.0 Å². The first kappa shape index (κ1) is 24.2. The van der Waals surface area contributed by atoms with E-state index >= 15 is 0 Å². The third-order valence-corrected chi connectivity index (χ3v) is 6.56. The first-order chi connectivity index (χ1) is 15.7. The van der Waals surface area contributed by atoms with Gasteiger partial charge in [-0.15, -0.1) is 0 Å². The summed E-state index contributed by atoms with van der Waals surface area (Å²) in [6.45, 7) is 3.89. The maximum Gasteiger partial charge on any atom is 0.261 e. The Labute approximate surface area is 199 Å². The molecule has 172 valence electrons. The number of benzene rings is 3. The van der Waals surface area contributed by atoms with Crippen LogP contribution in [0.1, 0.15) is 16.7 Å². The Balaban J connectivity index is 1.57. The van der Waals surface area contributed by atoms with Crippen molar-refractivity contribution in [3.8, 4) is 5.75 Å². The molecule has 0 aromatic heterocycles. The molecule has 9 heteroatoms. The number of anilines is 2. The van der Waals surface area contributed by atoms with Crippen molar-refractivity contribution >= 4 is 44.6 Å². The van der Waals surface area contributed by atoms with Gasteiger partial charge < -0.3 is 15.4 Å². The molecule has 1 amide bonds. The number of rotatable bonds is 7. The van der Waals surface area contributed by atoms with E-state index in [2.05, 4.69) is 15.4 Å². The maximum atomic E-state index is 12.7. The molecule has 0 fully saturated rings. The van der Waals surface area contributed by atoms with Crippen LogP contribution in [0, 0.1) is 13.8 Å². The molecule has 0 bridgehead atoms. The van der Waals surface area contributed by atoms with Crippen molar-refractivity contribution in [1.82, 2.24) is 5.32 Å². The smallest absolute Gasteiger partial charge is 0.261 e. The molecule has 33 heavy (non-hydrogen) atoms. The number of hydrogen-bond acceptors (Lipinski definition) is 5. The lowest BCUT2D eigenvalue weighted by Gasteiger charge is -2.12. The Kier molecular flexibility index (Phi) is 7.67. The molecular formula is C24H25N3O4S2. The molecule has 3 N–H and O–H groups in total. The van der Waals surface area contributed by atoms with Crippen molar-refractivity contribution in [2.24, 2.45) is 0 Å². The SMILES string of the molecule is COc1ccc(CC(=O)NC(=S)Nc2ccc(S(=O)(=O)Nc3ccc(C)c(C)c3)cc2)cc1. The van der Waals surface area contributed by atoms with Gasteiger partial charge in [0.15, 0.2) is 5.11 Å². The van der Waals surface area contributed by atoms with Crippen LogP contribution in [0.4, 0.5) is 11.4 Å². The van der Waals surface area contributed by atoms with Crippen molar-refractivity contribution < 1.29 is 17.9 Å². The van der Waals surface area contributed by atoms with E-state index in [1.54, 1.807) is 55.6 Å². The molecule has 7 nitrogen and oxygen atoms in total. The van der Waals surface area contributed by atoms with Crippen LogP contribution >= 0.6 is 12.2 Å². The van der Waals surface area contributed by atoms with Crippen LogP contribution in [0.15, 0.2) is 71.6 Å². The van der Waals surface area contributed by atoms with Crippen molar-refractivity contribution in [3.63, 3.8) is 0 Å². The quantitative estimate of drug-likeness (QED) is 0.437. The first-order valence-corrected chi connectivity index (χ1v) is 12.0. The molecule has 0 unspecified atom stereocenters. The summed E-state index contributed by atoms with van der Waals surface area (Å²) in [6, 6.07) is 18.6. The molecular weight excluding hydrogens is 458 g/mol. The molecule has 3 aromatic rings. The third-order valence-electron chi connectivity index (χ3n) is 4.96. The normalized spacial score (nSPS) is 10.9. The van der Waals surface area contributed by atoms with Crippen molar-refractivity contribution in [2.45, 2.75) is 25.2 Å². The van der Waals surface area contributed by atoms with E-state index in [1.807, 2.05) is 19.9 Å². The Hall–Kier alpha value is -3.43. The van der Waals surface area contributed by atoms with E-state index in [0.29, 0.717) is 17.1 Å². The molecule has 0 radical (unpaired) electrons. The van der Waals surface area contributed by atoms with Gasteiger partial charge in [-0.1, -0.05) is 18.2 Å². The number of carbonyl (C=O) groups excluding carboxylic acids is 1. The molecule has 0 saturated heterocycles. The summed E-state index contributed by atoms with van der Waals surface area (Å²) in [4.78, 5) is 12.3. The van der Waals surface area contributed by atoms with Gasteiger partial charge in [0.1, 0.15) is 5.75 Å². The summed E-state index contributed by atoms with van der Waals surface area (Å²) in [5, 5.41) is 5.62. The van der Waals surface area contributed by atoms with Crippen LogP contribution in [0.5, 0.6) is 5.75 Å². The molecule has 0 aliphatic carbocycles. The highest BCUT2D eigenvalue weighted by atomic mass is 32.2. The number of ether oxygens (including phenoxy) is 1. The van der Waals surface area contributed by atoms with Gasteiger partial charge in [-0.05, 0) is 91.3 Å². The fraction of sp³-hybridized carbons (Fsp3) is 0.167. The van der Waals surface area contributed by atoms with E-state index in [0.717, 1.165) is 16.7 Å². The van der Waals surface area contributed by atoms with Gasteiger partial charge in [0.25, 0.3) is 10.0 Å². The number of carbonyl (C=O) groups is 1. The minimum Gasteiger partial charge on any atom is -0.497 e. The molecule has 0 aliphatic rings. The minimum absolute atomic E-state index is 0.112. The second kappa shape index (κ2) is 10.5. The molecule has 0 atom stereocenters. The highest BCUT2D eigenvalue weighted by Gasteiger charge is 2.15. The Morgan fingerprint density at radius 3 is 2.15 bits per heavy atom. The van der Waals surface area contributed by atoms with E-state index in [9.17, 15) is 13.2 Å². The number of amides is 1. The number of sulfonamides is 1. The molecule has 0 saturated carbocycles. The zero-order chi connectivity index (χ0) is 24.0. The fourth-order valence-electron chi connectivity index (χ4n) is 3.00. The van der Waals surface area contributed by atoms with Crippen molar-refractivity contribution in [2.75, 3.05) is 17.1 Å². The second-order valence-corrected chi connectivity index (χ2v) is 9.55. The monoisotopic (exact) mass is 483 g/mol. The molecule has 3 aromatic carbocycles. The maximum absolute atomic E-state index is 12.7. The average Bonchev–Trinajstić information content (AvgIpc) is 2.77. The lowest BCUT2D eigenvalue weighted by molar-refractivity contribution is -0.119. The standard InChI is InChI=1S/C24H25N3O4S2/c1-16-4-7-20(14-17(16)2)27-33(29,30)22-12-8-19(9-13-22)25-24(32)26-23(28)15-18-5-10-21(31-3)11-6-18/h4-14,27H,15H2,1-3H3,(H2,25,26,28,32). The van der Waals surface area contributed by atoms with Gasteiger partial charge in [0, 0.05) is 11.4 Å². The van der Waals surface area contributed by atoms with Crippen LogP contribution in [0.2, 0.25) is 0 Å². The largest absolute Gasteiger partial charge is 0.497 e. The second-order valence-electron chi connectivity index (χ2n) is 7.46. The summed E-state index contributed by atoms with van der Waals surface area (Å²) in [6.07, 6.45) is 0.160. The summed E-state index contributed by atoms with van der Waals surface area (Å²) >= 11 is 5.19. The zero-order valence-electron chi connectivity index (χ0n) is 18.5. The Bertz CT molecular complexity index is 1260. The summed E-state index contributed by atoms with van der Waals surface area (Å²) in [5.41, 5.74) is 3.95. The average molecular weight is 484 g/mol. The number of methoxy groups -OCH3 is 1. The number of hydrogen-bond donors (Lipinski definition) is 3. The highest BCUT2D eigenvalue weighted by molar-refractivity contribution is 7.92. The van der Waals surface area contributed by atoms with E-state index in [4.69, 9.17) is 17.0 Å². The van der Waals surface area contributed by atoms with Crippen LogP contribution in [-0.2, 0) is 21.2 Å². The summed E-state index contributed by atoms with van der Waals surface area (Å²) in [7, 11) is -2.16. The topological polar surface area (TPSA) is 96.5 Å². The molecule has 3 rings (SSSR count). The van der Waals surface area contributed by atoms with Gasteiger partial charge >= 0.3 is 0 Å². The zero-order valence-corrected chi connectivity index (χ0v) is 20.1. The fourth-order valence-corrected chi connectivity index (χ4v) is 4.28. The lowest BCUT2D eigenvalue weighted by atomic mass is 10.1. The van der Waals surface area contributed by atoms with E-state index in [-0.39, 0.29) is 22.3 Å². The molecule has 0 spiro atoms. The number of aryl methyl sites for hydroxylation is 2. The van der Waals surface area contributed by atoms with Gasteiger partial charge in [-0.25, -0.2) is 8.42 Å². The predicted octanol–water partition coefficient (Wildman–Crippen LogP) is 4.17. The van der Waals surface area contributed by atoms with Crippen LogP contribution in [-0.4, -0.2) is 26.5 Å².